The SMILES string of the molecule is C[C@@H]1CN(C(=O)Cc2csc(Cc3ccccn3)n2)CCO1. The van der Waals surface area contributed by atoms with Gasteiger partial charge in [0.2, 0.25) is 5.91 Å². The van der Waals surface area contributed by atoms with Gasteiger partial charge in [-0.15, -0.1) is 11.3 Å². The number of carbonyl (C=O) groups excluding carboxylic acids is 1. The average molecular weight is 317 g/mol. The second kappa shape index (κ2) is 6.98. The van der Waals surface area contributed by atoms with Crippen LogP contribution in [-0.4, -0.2) is 46.6 Å². The van der Waals surface area contributed by atoms with Crippen LogP contribution in [0, 0.1) is 0 Å². The molecule has 0 aromatic carbocycles. The quantitative estimate of drug-likeness (QED) is 0.864. The number of nitrogens with zero attached hydrogens (tertiary/aromatic N) is 3. The van der Waals surface area contributed by atoms with Crippen molar-refractivity contribution < 1.29 is 9.53 Å². The van der Waals surface area contributed by atoms with Crippen LogP contribution in [-0.2, 0) is 22.4 Å². The lowest BCUT2D eigenvalue weighted by Crippen LogP contribution is -2.45. The molecule has 3 rings (SSSR count). The largest absolute Gasteiger partial charge is 0.375 e. The van der Waals surface area contributed by atoms with Gasteiger partial charge in [0.1, 0.15) is 0 Å². The third-order valence-corrected chi connectivity index (χ3v) is 4.48. The molecule has 0 aliphatic carbocycles. The van der Waals surface area contributed by atoms with Crippen LogP contribution in [0.1, 0.15) is 23.3 Å². The van der Waals surface area contributed by atoms with Crippen LogP contribution in [0.25, 0.3) is 0 Å². The minimum Gasteiger partial charge on any atom is -0.375 e. The van der Waals surface area contributed by atoms with Gasteiger partial charge in [-0.3, -0.25) is 9.78 Å². The van der Waals surface area contributed by atoms with Gasteiger partial charge in [0, 0.05) is 36.8 Å². The Hall–Kier alpha value is -1.79. The number of carbonyl (C=O) groups is 1. The first-order chi connectivity index (χ1) is 10.7. The number of rotatable bonds is 4. The van der Waals surface area contributed by atoms with Gasteiger partial charge in [0.05, 0.1) is 29.8 Å². The molecule has 3 heterocycles. The molecule has 6 heteroatoms. The Bertz CT molecular complexity index is 629. The third kappa shape index (κ3) is 3.90. The maximum atomic E-state index is 12.3. The zero-order chi connectivity index (χ0) is 15.4. The Morgan fingerprint density at radius 1 is 1.45 bits per heavy atom. The molecule has 0 saturated carbocycles. The fourth-order valence-electron chi connectivity index (χ4n) is 2.48. The molecule has 22 heavy (non-hydrogen) atoms. The second-order valence-electron chi connectivity index (χ2n) is 5.43. The van der Waals surface area contributed by atoms with Gasteiger partial charge in [-0.25, -0.2) is 4.98 Å². The molecular weight excluding hydrogens is 298 g/mol. The van der Waals surface area contributed by atoms with Crippen molar-refractivity contribution in [3.05, 3.63) is 46.2 Å². The van der Waals surface area contributed by atoms with E-state index in [-0.39, 0.29) is 12.0 Å². The Morgan fingerprint density at radius 3 is 3.14 bits per heavy atom. The van der Waals surface area contributed by atoms with E-state index in [9.17, 15) is 4.79 Å². The molecule has 0 unspecified atom stereocenters. The summed E-state index contributed by atoms with van der Waals surface area (Å²) in [5, 5.41) is 2.97. The molecule has 2 aromatic rings. The van der Waals surface area contributed by atoms with Gasteiger partial charge in [-0.1, -0.05) is 6.07 Å². The summed E-state index contributed by atoms with van der Waals surface area (Å²) in [6.07, 6.45) is 2.99. The molecule has 116 valence electrons. The summed E-state index contributed by atoms with van der Waals surface area (Å²) in [7, 11) is 0. The number of hydrogen-bond donors (Lipinski definition) is 0. The van der Waals surface area contributed by atoms with Crippen molar-refractivity contribution in [2.45, 2.75) is 25.9 Å². The monoisotopic (exact) mass is 317 g/mol. The minimum atomic E-state index is 0.118. The van der Waals surface area contributed by atoms with Crippen LogP contribution in [0.2, 0.25) is 0 Å². The van der Waals surface area contributed by atoms with Crippen LogP contribution < -0.4 is 0 Å². The molecule has 1 amide bonds. The van der Waals surface area contributed by atoms with E-state index < -0.39 is 0 Å². The standard InChI is InChI=1S/C16H19N3O2S/c1-12-10-19(6-7-21-12)16(20)9-14-11-22-15(18-14)8-13-4-2-3-5-17-13/h2-5,11-12H,6-10H2,1H3/t12-/m1/s1. The van der Waals surface area contributed by atoms with Gasteiger partial charge in [-0.05, 0) is 19.1 Å². The minimum absolute atomic E-state index is 0.118. The second-order valence-corrected chi connectivity index (χ2v) is 6.37. The summed E-state index contributed by atoms with van der Waals surface area (Å²) in [6.45, 7) is 3.96. The van der Waals surface area contributed by atoms with Crippen molar-refractivity contribution in [1.29, 1.82) is 0 Å². The van der Waals surface area contributed by atoms with Crippen molar-refractivity contribution in [3.63, 3.8) is 0 Å². The van der Waals surface area contributed by atoms with E-state index >= 15 is 0 Å². The zero-order valence-electron chi connectivity index (χ0n) is 12.6. The zero-order valence-corrected chi connectivity index (χ0v) is 13.4. The van der Waals surface area contributed by atoms with Gasteiger partial charge in [-0.2, -0.15) is 0 Å². The van der Waals surface area contributed by atoms with E-state index in [1.807, 2.05) is 35.4 Å². The molecule has 1 saturated heterocycles. The molecule has 1 fully saturated rings. The summed E-state index contributed by atoms with van der Waals surface area (Å²) >= 11 is 1.59. The first kappa shape index (κ1) is 15.1. The summed E-state index contributed by atoms with van der Waals surface area (Å²) in [5.74, 6) is 0.129. The average Bonchev–Trinajstić information content (AvgIpc) is 2.95. The number of amides is 1. The number of aromatic nitrogens is 2. The first-order valence-corrected chi connectivity index (χ1v) is 8.31. The molecule has 1 aliphatic rings. The fraction of sp³-hybridized carbons (Fsp3) is 0.438. The predicted molar refractivity (Wildman–Crippen MR) is 84.9 cm³/mol. The van der Waals surface area contributed by atoms with E-state index in [0.29, 0.717) is 32.5 Å². The van der Waals surface area contributed by atoms with Crippen molar-refractivity contribution in [1.82, 2.24) is 14.9 Å². The van der Waals surface area contributed by atoms with Crippen LogP contribution >= 0.6 is 11.3 Å². The highest BCUT2D eigenvalue weighted by molar-refractivity contribution is 7.09. The normalized spacial score (nSPS) is 18.4. The summed E-state index contributed by atoms with van der Waals surface area (Å²) < 4.78 is 5.46. The van der Waals surface area contributed by atoms with Crippen LogP contribution in [0.4, 0.5) is 0 Å². The number of morpholine rings is 1. The predicted octanol–water partition coefficient (Wildman–Crippen LogP) is 1.92. The molecule has 0 bridgehead atoms. The topological polar surface area (TPSA) is 55.3 Å². The highest BCUT2D eigenvalue weighted by Gasteiger charge is 2.22. The maximum absolute atomic E-state index is 12.3. The molecule has 0 N–H and O–H groups in total. The Kier molecular flexibility index (Phi) is 4.80. The van der Waals surface area contributed by atoms with E-state index in [1.54, 1.807) is 17.5 Å². The Labute approximate surface area is 134 Å². The molecule has 0 radical (unpaired) electrons. The van der Waals surface area contributed by atoms with Gasteiger partial charge in [0.15, 0.2) is 0 Å². The molecule has 1 atom stereocenters. The summed E-state index contributed by atoms with van der Waals surface area (Å²) in [6, 6.07) is 5.86. The van der Waals surface area contributed by atoms with Crippen LogP contribution in [0.15, 0.2) is 29.8 Å². The fourth-order valence-corrected chi connectivity index (χ4v) is 3.29. The molecule has 0 spiro atoms. The van der Waals surface area contributed by atoms with Crippen molar-refractivity contribution in [2.75, 3.05) is 19.7 Å². The first-order valence-electron chi connectivity index (χ1n) is 7.43. The maximum Gasteiger partial charge on any atom is 0.228 e. The van der Waals surface area contributed by atoms with Gasteiger partial charge >= 0.3 is 0 Å². The van der Waals surface area contributed by atoms with Gasteiger partial charge in [0.25, 0.3) is 0 Å². The van der Waals surface area contributed by atoms with Crippen molar-refractivity contribution in [2.24, 2.45) is 0 Å². The highest BCUT2D eigenvalue weighted by atomic mass is 32.1. The molecular formula is C16H19N3O2S. The van der Waals surface area contributed by atoms with Crippen LogP contribution in [0.3, 0.4) is 0 Å². The number of hydrogen-bond acceptors (Lipinski definition) is 5. The lowest BCUT2D eigenvalue weighted by atomic mass is 10.2. The lowest BCUT2D eigenvalue weighted by molar-refractivity contribution is -0.137. The molecule has 2 aromatic heterocycles. The van der Waals surface area contributed by atoms with E-state index in [4.69, 9.17) is 4.74 Å². The molecule has 1 aliphatic heterocycles. The highest BCUT2D eigenvalue weighted by Crippen LogP contribution is 2.15. The van der Waals surface area contributed by atoms with Crippen LogP contribution in [0.5, 0.6) is 0 Å². The summed E-state index contributed by atoms with van der Waals surface area (Å²) in [5.41, 5.74) is 1.84. The number of thiazole rings is 1. The molecule has 5 nitrogen and oxygen atoms in total. The third-order valence-electron chi connectivity index (χ3n) is 3.58. The Morgan fingerprint density at radius 2 is 2.36 bits per heavy atom. The Balaban J connectivity index is 1.58. The van der Waals surface area contributed by atoms with E-state index in [0.717, 1.165) is 16.4 Å². The van der Waals surface area contributed by atoms with Crippen molar-refractivity contribution in [3.8, 4) is 0 Å². The van der Waals surface area contributed by atoms with Gasteiger partial charge < -0.3 is 9.64 Å². The van der Waals surface area contributed by atoms with E-state index in [2.05, 4.69) is 9.97 Å². The smallest absolute Gasteiger partial charge is 0.228 e. The number of pyridine rings is 1. The van der Waals surface area contributed by atoms with E-state index in [1.165, 1.54) is 0 Å². The number of ether oxygens (including phenoxy) is 1. The van der Waals surface area contributed by atoms with Crippen molar-refractivity contribution >= 4 is 17.2 Å². The summed E-state index contributed by atoms with van der Waals surface area (Å²) in [4.78, 5) is 23.0. The lowest BCUT2D eigenvalue weighted by Gasteiger charge is -2.31.